The van der Waals surface area contributed by atoms with Crippen LogP contribution in [-0.4, -0.2) is 22.2 Å². The Labute approximate surface area is 151 Å². The monoisotopic (exact) mass is 355 g/mol. The summed E-state index contributed by atoms with van der Waals surface area (Å²) in [5.41, 5.74) is 1.61. The quantitative estimate of drug-likeness (QED) is 0.810. The van der Waals surface area contributed by atoms with Gasteiger partial charge < -0.3 is 5.32 Å². The first kappa shape index (κ1) is 18.0. The molecule has 1 aromatic heterocycles. The topological polar surface area (TPSA) is 64.0 Å². The van der Waals surface area contributed by atoms with E-state index in [-0.39, 0.29) is 12.5 Å². The van der Waals surface area contributed by atoms with Crippen LogP contribution in [0.5, 0.6) is 0 Å². The molecule has 0 aliphatic heterocycles. The van der Waals surface area contributed by atoms with Crippen molar-refractivity contribution in [2.45, 2.75) is 38.6 Å². The van der Waals surface area contributed by atoms with E-state index in [0.717, 1.165) is 23.9 Å². The van der Waals surface area contributed by atoms with Gasteiger partial charge in [-0.05, 0) is 50.3 Å². The second-order valence-corrected chi connectivity index (χ2v) is 6.40. The summed E-state index contributed by atoms with van der Waals surface area (Å²) in [6, 6.07) is 8.97. The Morgan fingerprint density at radius 2 is 2.04 bits per heavy atom. The Balaban J connectivity index is 1.62. The van der Waals surface area contributed by atoms with E-state index in [2.05, 4.69) is 16.5 Å². The molecule has 3 rings (SSSR count). The number of carbonyl (C=O) groups excluding carboxylic acids is 1. The number of rotatable bonds is 6. The first-order valence-corrected chi connectivity index (χ1v) is 8.91. The second kappa shape index (κ2) is 8.56. The molecule has 6 heteroatoms. The number of halogens is 1. The predicted octanol–water partition coefficient (Wildman–Crippen LogP) is 3.06. The highest BCUT2D eigenvalue weighted by Crippen LogP contribution is 2.20. The summed E-state index contributed by atoms with van der Waals surface area (Å²) in [5, 5.41) is 6.96. The molecule has 1 amide bonds. The van der Waals surface area contributed by atoms with E-state index in [9.17, 15) is 14.0 Å². The molecule has 1 aliphatic rings. The maximum Gasteiger partial charge on any atom is 0.267 e. The van der Waals surface area contributed by atoms with Gasteiger partial charge in [-0.15, -0.1) is 0 Å². The van der Waals surface area contributed by atoms with Crippen molar-refractivity contribution in [1.29, 1.82) is 0 Å². The summed E-state index contributed by atoms with van der Waals surface area (Å²) in [5.74, 6) is -0.697. The van der Waals surface area contributed by atoms with Crippen LogP contribution in [0.4, 0.5) is 4.39 Å². The first-order chi connectivity index (χ1) is 12.6. The smallest absolute Gasteiger partial charge is 0.267 e. The maximum absolute atomic E-state index is 13.9. The highest BCUT2D eigenvalue weighted by molar-refractivity contribution is 5.75. The van der Waals surface area contributed by atoms with Crippen molar-refractivity contribution in [3.05, 3.63) is 64.2 Å². The van der Waals surface area contributed by atoms with Crippen LogP contribution in [0, 0.1) is 5.82 Å². The molecule has 0 radical (unpaired) electrons. The van der Waals surface area contributed by atoms with Crippen LogP contribution >= 0.6 is 0 Å². The zero-order valence-corrected chi connectivity index (χ0v) is 14.6. The molecular weight excluding hydrogens is 333 g/mol. The van der Waals surface area contributed by atoms with Crippen molar-refractivity contribution in [3.8, 4) is 11.3 Å². The standard InChI is InChI=1S/C20H22FN3O2/c21-17-9-5-4-8-16(17)18-10-11-20(26)24(23-18)14-19(25)22-13-12-15-6-2-1-3-7-15/h4-6,8-11H,1-3,7,12-14H2,(H,22,25). The number of benzene rings is 1. The Hall–Kier alpha value is -2.76. The normalized spacial score (nSPS) is 14.0. The molecule has 0 unspecified atom stereocenters. The molecule has 0 saturated carbocycles. The Morgan fingerprint density at radius 3 is 2.81 bits per heavy atom. The number of nitrogens with one attached hydrogen (secondary N) is 1. The zero-order chi connectivity index (χ0) is 18.4. The Morgan fingerprint density at radius 1 is 1.19 bits per heavy atom. The minimum Gasteiger partial charge on any atom is -0.354 e. The van der Waals surface area contributed by atoms with Crippen LogP contribution < -0.4 is 10.9 Å². The number of nitrogens with zero attached hydrogens (tertiary/aromatic N) is 2. The van der Waals surface area contributed by atoms with Gasteiger partial charge >= 0.3 is 0 Å². The lowest BCUT2D eigenvalue weighted by atomic mass is 9.97. The summed E-state index contributed by atoms with van der Waals surface area (Å²) in [6.45, 7) is 0.368. The lowest BCUT2D eigenvalue weighted by Crippen LogP contribution is -2.34. The van der Waals surface area contributed by atoms with Crippen LogP contribution in [0.3, 0.4) is 0 Å². The largest absolute Gasteiger partial charge is 0.354 e. The molecule has 0 atom stereocenters. The summed E-state index contributed by atoms with van der Waals surface area (Å²) in [4.78, 5) is 24.1. The van der Waals surface area contributed by atoms with Crippen molar-refractivity contribution in [1.82, 2.24) is 15.1 Å². The molecule has 1 heterocycles. The van der Waals surface area contributed by atoms with Crippen molar-refractivity contribution in [2.75, 3.05) is 6.54 Å². The van der Waals surface area contributed by atoms with Gasteiger partial charge in [0.15, 0.2) is 0 Å². The number of carbonyl (C=O) groups is 1. The molecule has 1 aromatic carbocycles. The molecule has 0 fully saturated rings. The van der Waals surface area contributed by atoms with Crippen LogP contribution in [-0.2, 0) is 11.3 Å². The molecule has 0 saturated heterocycles. The molecule has 5 nitrogen and oxygen atoms in total. The maximum atomic E-state index is 13.9. The third-order valence-corrected chi connectivity index (χ3v) is 4.46. The van der Waals surface area contributed by atoms with Crippen molar-refractivity contribution in [3.63, 3.8) is 0 Å². The molecule has 1 N–H and O–H groups in total. The minimum atomic E-state index is -0.421. The van der Waals surface area contributed by atoms with E-state index in [1.165, 1.54) is 36.6 Å². The van der Waals surface area contributed by atoms with Crippen molar-refractivity contribution < 1.29 is 9.18 Å². The van der Waals surface area contributed by atoms with Gasteiger partial charge in [-0.1, -0.05) is 23.8 Å². The van der Waals surface area contributed by atoms with Crippen molar-refractivity contribution >= 4 is 5.91 Å². The van der Waals surface area contributed by atoms with Gasteiger partial charge in [0.1, 0.15) is 12.4 Å². The van der Waals surface area contributed by atoms with Crippen LogP contribution in [0.1, 0.15) is 32.1 Å². The van der Waals surface area contributed by atoms with E-state index < -0.39 is 11.4 Å². The van der Waals surface area contributed by atoms with Gasteiger partial charge in [0.05, 0.1) is 5.69 Å². The fraction of sp³-hybridized carbons (Fsp3) is 0.350. The molecule has 2 aromatic rings. The number of aromatic nitrogens is 2. The SMILES string of the molecule is O=C(Cn1nc(-c2ccccc2F)ccc1=O)NCCC1=CCCCC1. The molecule has 26 heavy (non-hydrogen) atoms. The third-order valence-electron chi connectivity index (χ3n) is 4.46. The van der Waals surface area contributed by atoms with Gasteiger partial charge in [0.25, 0.3) is 5.56 Å². The molecule has 0 spiro atoms. The van der Waals surface area contributed by atoms with Gasteiger partial charge in [-0.3, -0.25) is 9.59 Å². The van der Waals surface area contributed by atoms with E-state index in [0.29, 0.717) is 17.8 Å². The highest BCUT2D eigenvalue weighted by Gasteiger charge is 2.11. The number of hydrogen-bond acceptors (Lipinski definition) is 3. The lowest BCUT2D eigenvalue weighted by molar-refractivity contribution is -0.121. The fourth-order valence-corrected chi connectivity index (χ4v) is 3.06. The van der Waals surface area contributed by atoms with E-state index in [4.69, 9.17) is 0 Å². The van der Waals surface area contributed by atoms with Crippen LogP contribution in [0.25, 0.3) is 11.3 Å². The predicted molar refractivity (Wildman–Crippen MR) is 98.1 cm³/mol. The van der Waals surface area contributed by atoms with Crippen LogP contribution in [0.2, 0.25) is 0 Å². The Bertz CT molecular complexity index is 873. The average molecular weight is 355 g/mol. The zero-order valence-electron chi connectivity index (χ0n) is 14.6. The molecule has 1 aliphatic carbocycles. The number of allylic oxidation sites excluding steroid dienone is 1. The summed E-state index contributed by atoms with van der Waals surface area (Å²) < 4.78 is 15.0. The molecule has 0 bridgehead atoms. The second-order valence-electron chi connectivity index (χ2n) is 6.40. The number of amides is 1. The molecule has 136 valence electrons. The fourth-order valence-electron chi connectivity index (χ4n) is 3.06. The summed E-state index contributed by atoms with van der Waals surface area (Å²) in [7, 11) is 0. The van der Waals surface area contributed by atoms with Gasteiger partial charge in [-0.25, -0.2) is 9.07 Å². The lowest BCUT2D eigenvalue weighted by Gasteiger charge is -2.13. The summed E-state index contributed by atoms with van der Waals surface area (Å²) in [6.07, 6.45) is 7.75. The van der Waals surface area contributed by atoms with E-state index in [1.807, 2.05) is 0 Å². The first-order valence-electron chi connectivity index (χ1n) is 8.91. The van der Waals surface area contributed by atoms with Crippen LogP contribution in [0.15, 0.2) is 52.8 Å². The van der Waals surface area contributed by atoms with E-state index >= 15 is 0 Å². The van der Waals surface area contributed by atoms with E-state index in [1.54, 1.807) is 18.2 Å². The van der Waals surface area contributed by atoms with Crippen molar-refractivity contribution in [2.24, 2.45) is 0 Å². The third kappa shape index (κ3) is 4.65. The van der Waals surface area contributed by atoms with Gasteiger partial charge in [0.2, 0.25) is 5.91 Å². The molecular formula is C20H22FN3O2. The highest BCUT2D eigenvalue weighted by atomic mass is 19.1. The minimum absolute atomic E-state index is 0.180. The van der Waals surface area contributed by atoms with Gasteiger partial charge in [-0.2, -0.15) is 5.10 Å². The number of hydrogen-bond donors (Lipinski definition) is 1. The Kier molecular flexibility index (Phi) is 5.94. The summed E-state index contributed by atoms with van der Waals surface area (Å²) >= 11 is 0. The van der Waals surface area contributed by atoms with Gasteiger partial charge in [0, 0.05) is 18.2 Å². The average Bonchev–Trinajstić information content (AvgIpc) is 2.65.